The van der Waals surface area contributed by atoms with Crippen LogP contribution in [0.15, 0.2) is 58.3 Å². The number of nitrogens with zero attached hydrogens (tertiary/aromatic N) is 2. The van der Waals surface area contributed by atoms with Crippen molar-refractivity contribution >= 4 is 31.5 Å². The van der Waals surface area contributed by atoms with Crippen LogP contribution in [0.1, 0.15) is 5.56 Å². The summed E-state index contributed by atoms with van der Waals surface area (Å²) in [4.78, 5) is 11.5. The monoisotopic (exact) mass is 394 g/mol. The van der Waals surface area contributed by atoms with Gasteiger partial charge in [0.15, 0.2) is 19.7 Å². The Labute approximate surface area is 150 Å². The highest BCUT2D eigenvalue weighted by molar-refractivity contribution is 7.91. The summed E-state index contributed by atoms with van der Waals surface area (Å²) >= 11 is 0. The third kappa shape index (κ3) is 4.19. The molecule has 0 radical (unpaired) electrons. The first-order valence-corrected chi connectivity index (χ1v) is 10.6. The van der Waals surface area contributed by atoms with Crippen molar-refractivity contribution in [2.24, 2.45) is 0 Å². The lowest BCUT2D eigenvalue weighted by molar-refractivity contribution is 0.202. The molecule has 0 spiro atoms. The molecule has 2 aromatic rings. The molecule has 1 N–H and O–H groups in total. The Kier molecular flexibility index (Phi) is 5.34. The van der Waals surface area contributed by atoms with Gasteiger partial charge in [-0.2, -0.15) is 5.26 Å². The van der Waals surface area contributed by atoms with Crippen molar-refractivity contribution in [3.8, 4) is 6.07 Å². The van der Waals surface area contributed by atoms with Gasteiger partial charge in [0.05, 0.1) is 27.1 Å². The van der Waals surface area contributed by atoms with Crippen LogP contribution in [0.5, 0.6) is 0 Å². The van der Waals surface area contributed by atoms with Crippen molar-refractivity contribution in [3.05, 3.63) is 54.1 Å². The predicted molar refractivity (Wildman–Crippen MR) is 93.3 cm³/mol. The van der Waals surface area contributed by atoms with Gasteiger partial charge in [-0.25, -0.2) is 21.6 Å². The van der Waals surface area contributed by atoms with Crippen LogP contribution >= 0.6 is 0 Å². The molecule has 8 nitrogen and oxygen atoms in total. The second-order valence-electron chi connectivity index (χ2n) is 5.33. The fraction of sp³-hybridized carbons (Fsp3) is 0.125. The van der Waals surface area contributed by atoms with Crippen molar-refractivity contribution in [2.45, 2.75) is 9.79 Å². The molecule has 0 aliphatic heterocycles. The third-order valence-electron chi connectivity index (χ3n) is 3.41. The van der Waals surface area contributed by atoms with Crippen LogP contribution < -0.4 is 4.90 Å². The van der Waals surface area contributed by atoms with Crippen molar-refractivity contribution in [1.82, 2.24) is 0 Å². The van der Waals surface area contributed by atoms with Crippen LogP contribution in [0.25, 0.3) is 0 Å². The molecule has 2 rings (SSSR count). The number of nitriles is 1. The molecule has 10 heteroatoms. The van der Waals surface area contributed by atoms with Crippen LogP contribution in [-0.2, 0) is 19.7 Å². The first kappa shape index (κ1) is 19.4. The Bertz CT molecular complexity index is 1090. The van der Waals surface area contributed by atoms with E-state index in [1.807, 2.05) is 0 Å². The van der Waals surface area contributed by atoms with Crippen LogP contribution in [0.4, 0.5) is 10.5 Å². The normalized spacial score (nSPS) is 11.5. The summed E-state index contributed by atoms with van der Waals surface area (Å²) in [5, 5.41) is 18.4. The summed E-state index contributed by atoms with van der Waals surface area (Å²) in [6, 6.07) is 12.3. The van der Waals surface area contributed by atoms with E-state index in [0.717, 1.165) is 18.4 Å². The number of anilines is 1. The molecule has 26 heavy (non-hydrogen) atoms. The molecular weight excluding hydrogens is 380 g/mol. The van der Waals surface area contributed by atoms with Crippen molar-refractivity contribution < 1.29 is 26.7 Å². The number of hydrogen-bond acceptors (Lipinski definition) is 6. The molecule has 0 aliphatic rings. The number of amides is 1. The zero-order valence-corrected chi connectivity index (χ0v) is 15.2. The SMILES string of the molecule is CS(=O)(=O)c1cc(C#N)ccc1N(CS(=O)(=O)c1ccccc1)C(=O)O. The molecule has 0 bridgehead atoms. The minimum Gasteiger partial charge on any atom is -0.465 e. The summed E-state index contributed by atoms with van der Waals surface area (Å²) in [5.41, 5.74) is -0.330. The molecule has 0 aliphatic carbocycles. The molecule has 136 valence electrons. The van der Waals surface area contributed by atoms with Crippen molar-refractivity contribution in [1.29, 1.82) is 5.26 Å². The van der Waals surface area contributed by atoms with Crippen LogP contribution in [0, 0.1) is 11.3 Å². The van der Waals surface area contributed by atoms with Gasteiger partial charge in [0.1, 0.15) is 5.88 Å². The number of sulfone groups is 2. The summed E-state index contributed by atoms with van der Waals surface area (Å²) in [6.45, 7) is 0. The van der Waals surface area contributed by atoms with E-state index in [9.17, 15) is 26.7 Å². The third-order valence-corrected chi connectivity index (χ3v) is 6.13. The van der Waals surface area contributed by atoms with E-state index in [2.05, 4.69) is 0 Å². The Hall–Kier alpha value is -2.90. The van der Waals surface area contributed by atoms with E-state index in [1.54, 1.807) is 12.1 Å². The average molecular weight is 394 g/mol. The average Bonchev–Trinajstić information content (AvgIpc) is 2.59. The lowest BCUT2D eigenvalue weighted by Crippen LogP contribution is -2.35. The van der Waals surface area contributed by atoms with Crippen LogP contribution in [0.2, 0.25) is 0 Å². The number of carbonyl (C=O) groups is 1. The lowest BCUT2D eigenvalue weighted by Gasteiger charge is -2.21. The summed E-state index contributed by atoms with van der Waals surface area (Å²) in [6.07, 6.45) is -0.794. The first-order valence-electron chi connectivity index (χ1n) is 7.09. The summed E-state index contributed by atoms with van der Waals surface area (Å²) in [5.74, 6) is -0.971. The largest absolute Gasteiger partial charge is 0.465 e. The Morgan fingerprint density at radius 2 is 1.73 bits per heavy atom. The minimum atomic E-state index is -4.05. The van der Waals surface area contributed by atoms with Gasteiger partial charge < -0.3 is 5.11 Å². The van der Waals surface area contributed by atoms with Crippen molar-refractivity contribution in [2.75, 3.05) is 17.0 Å². The lowest BCUT2D eigenvalue weighted by atomic mass is 10.2. The van der Waals surface area contributed by atoms with Gasteiger partial charge in [-0.3, -0.25) is 4.90 Å². The van der Waals surface area contributed by atoms with Gasteiger partial charge in [-0.1, -0.05) is 18.2 Å². The second kappa shape index (κ2) is 7.15. The van der Waals surface area contributed by atoms with Gasteiger partial charge in [-0.15, -0.1) is 0 Å². The van der Waals surface area contributed by atoms with E-state index < -0.39 is 36.5 Å². The summed E-state index contributed by atoms with van der Waals surface area (Å²) < 4.78 is 49.0. The molecule has 0 unspecified atom stereocenters. The smallest absolute Gasteiger partial charge is 0.412 e. The maximum absolute atomic E-state index is 12.5. The number of carboxylic acid groups (broad SMARTS) is 1. The quantitative estimate of drug-likeness (QED) is 0.818. The van der Waals surface area contributed by atoms with E-state index in [0.29, 0.717) is 4.90 Å². The number of rotatable bonds is 5. The van der Waals surface area contributed by atoms with Crippen LogP contribution in [0.3, 0.4) is 0 Å². The van der Waals surface area contributed by atoms with Gasteiger partial charge in [0.25, 0.3) is 0 Å². The number of hydrogen-bond donors (Lipinski definition) is 1. The topological polar surface area (TPSA) is 133 Å². The molecule has 0 atom stereocenters. The first-order chi connectivity index (χ1) is 12.1. The fourth-order valence-electron chi connectivity index (χ4n) is 2.20. The van der Waals surface area contributed by atoms with E-state index >= 15 is 0 Å². The minimum absolute atomic E-state index is 0.00503. The highest BCUT2D eigenvalue weighted by atomic mass is 32.2. The molecular formula is C16H14N2O6S2. The van der Waals surface area contributed by atoms with Crippen LogP contribution in [-0.4, -0.2) is 40.2 Å². The zero-order valence-electron chi connectivity index (χ0n) is 13.5. The Morgan fingerprint density at radius 1 is 1.12 bits per heavy atom. The summed E-state index contributed by atoms with van der Waals surface area (Å²) in [7, 11) is -7.96. The predicted octanol–water partition coefficient (Wildman–Crippen LogP) is 1.88. The van der Waals surface area contributed by atoms with Gasteiger partial charge in [0.2, 0.25) is 0 Å². The molecule has 1 amide bonds. The Balaban J connectivity index is 2.60. The molecule has 2 aromatic carbocycles. The highest BCUT2D eigenvalue weighted by Crippen LogP contribution is 2.28. The highest BCUT2D eigenvalue weighted by Gasteiger charge is 2.28. The standard InChI is InChI=1S/C16H14N2O6S2/c1-25(21,22)15-9-12(10-17)7-8-14(15)18(16(19)20)11-26(23,24)13-5-3-2-4-6-13/h2-9H,11H2,1H3,(H,19,20). The van der Waals surface area contributed by atoms with Gasteiger partial charge >= 0.3 is 6.09 Å². The zero-order chi connectivity index (χ0) is 19.5. The fourth-order valence-corrected chi connectivity index (χ4v) is 4.41. The maximum atomic E-state index is 12.5. The second-order valence-corrected chi connectivity index (χ2v) is 9.28. The van der Waals surface area contributed by atoms with Gasteiger partial charge in [0, 0.05) is 6.26 Å². The van der Waals surface area contributed by atoms with Gasteiger partial charge in [-0.05, 0) is 30.3 Å². The van der Waals surface area contributed by atoms with E-state index in [4.69, 9.17) is 5.26 Å². The molecule has 0 fully saturated rings. The molecule has 0 heterocycles. The number of benzene rings is 2. The maximum Gasteiger partial charge on any atom is 0.412 e. The van der Waals surface area contributed by atoms with E-state index in [1.165, 1.54) is 30.3 Å². The molecule has 0 saturated heterocycles. The van der Waals surface area contributed by atoms with Crippen molar-refractivity contribution in [3.63, 3.8) is 0 Å². The molecule has 0 aromatic heterocycles. The Morgan fingerprint density at radius 3 is 2.23 bits per heavy atom. The van der Waals surface area contributed by atoms with E-state index in [-0.39, 0.29) is 16.1 Å². The molecule has 0 saturated carbocycles.